The average molecular weight is 407 g/mol. The molecular weight excluding hydrogens is 379 g/mol. The van der Waals surface area contributed by atoms with Crippen LogP contribution in [0.3, 0.4) is 0 Å². The lowest BCUT2D eigenvalue weighted by Crippen LogP contribution is -2.43. The molecule has 1 atom stereocenters. The number of piperidine rings is 1. The van der Waals surface area contributed by atoms with Crippen LogP contribution in [0.25, 0.3) is 22.0 Å². The van der Waals surface area contributed by atoms with Gasteiger partial charge in [-0.05, 0) is 92.6 Å². The molecule has 0 spiro atoms. The van der Waals surface area contributed by atoms with E-state index < -0.39 is 6.10 Å². The molecule has 1 aliphatic heterocycles. The van der Waals surface area contributed by atoms with Crippen LogP contribution in [0.2, 0.25) is 0 Å². The number of hydrogen-bond acceptors (Lipinski definition) is 3. The third-order valence-electron chi connectivity index (χ3n) is 5.81. The molecule has 0 aliphatic carbocycles. The number of aromatic nitrogens is 1. The summed E-state index contributed by atoms with van der Waals surface area (Å²) in [6, 6.07) is 10.8. The zero-order valence-electron chi connectivity index (χ0n) is 17.7. The lowest BCUT2D eigenvalue weighted by Gasteiger charge is -2.29. The van der Waals surface area contributed by atoms with Gasteiger partial charge in [-0.25, -0.2) is 4.39 Å². The molecule has 0 N–H and O–H groups in total. The van der Waals surface area contributed by atoms with E-state index in [1.165, 1.54) is 6.42 Å². The van der Waals surface area contributed by atoms with Gasteiger partial charge >= 0.3 is 0 Å². The van der Waals surface area contributed by atoms with Crippen molar-refractivity contribution in [2.24, 2.45) is 0 Å². The fourth-order valence-corrected chi connectivity index (χ4v) is 4.38. The molecule has 1 aliphatic rings. The Hall–Kier alpha value is -2.95. The Morgan fingerprint density at radius 2 is 1.77 bits per heavy atom. The minimum atomic E-state index is -0.537. The molecule has 30 heavy (non-hydrogen) atoms. The summed E-state index contributed by atoms with van der Waals surface area (Å²) in [5.41, 5.74) is 4.60. The lowest BCUT2D eigenvalue weighted by atomic mass is 9.93. The predicted octanol–water partition coefficient (Wildman–Crippen LogP) is 5.44. The molecule has 0 bridgehead atoms. The van der Waals surface area contributed by atoms with Crippen LogP contribution in [0.4, 0.5) is 4.39 Å². The fourth-order valence-electron chi connectivity index (χ4n) is 4.38. The van der Waals surface area contributed by atoms with Crippen LogP contribution < -0.4 is 4.74 Å². The predicted molar refractivity (Wildman–Crippen MR) is 117 cm³/mol. The summed E-state index contributed by atoms with van der Waals surface area (Å²) < 4.78 is 19.7. The van der Waals surface area contributed by atoms with Crippen molar-refractivity contribution in [3.8, 4) is 16.9 Å². The van der Waals surface area contributed by atoms with Crippen molar-refractivity contribution < 1.29 is 13.9 Å². The van der Waals surface area contributed by atoms with Gasteiger partial charge in [-0.15, -0.1) is 0 Å². The van der Waals surface area contributed by atoms with Gasteiger partial charge in [0.15, 0.2) is 6.10 Å². The fraction of sp³-hybridized carbons (Fsp3) is 0.360. The molecule has 1 fully saturated rings. The zero-order valence-corrected chi connectivity index (χ0v) is 17.7. The Kier molecular flexibility index (Phi) is 5.71. The van der Waals surface area contributed by atoms with Gasteiger partial charge in [0.25, 0.3) is 5.91 Å². The second-order valence-corrected chi connectivity index (χ2v) is 8.10. The number of likely N-dealkylation sites (tertiary alicyclic amines) is 1. The number of pyridine rings is 1. The molecule has 156 valence electrons. The highest BCUT2D eigenvalue weighted by Gasteiger charge is 2.23. The Bertz CT molecular complexity index is 1070. The number of aryl methyl sites for hydroxylation is 2. The second-order valence-electron chi connectivity index (χ2n) is 8.10. The van der Waals surface area contributed by atoms with Gasteiger partial charge in [0.2, 0.25) is 0 Å². The molecule has 0 unspecified atom stereocenters. The SMILES string of the molecule is Cc1cc(F)cc(C)c1-c1ccnc2cc(O[C@H](C)C(=O)N3CCCCC3)ccc12. The summed E-state index contributed by atoms with van der Waals surface area (Å²) in [4.78, 5) is 19.1. The number of ether oxygens (including phenoxy) is 1. The van der Waals surface area contributed by atoms with Crippen molar-refractivity contribution in [1.29, 1.82) is 0 Å². The third kappa shape index (κ3) is 4.02. The molecule has 4 nitrogen and oxygen atoms in total. The van der Waals surface area contributed by atoms with E-state index in [0.717, 1.165) is 59.1 Å². The first kappa shape index (κ1) is 20.3. The molecule has 1 amide bonds. The topological polar surface area (TPSA) is 42.4 Å². The lowest BCUT2D eigenvalue weighted by molar-refractivity contribution is -0.138. The number of halogens is 1. The highest BCUT2D eigenvalue weighted by molar-refractivity contribution is 5.96. The van der Waals surface area contributed by atoms with Crippen LogP contribution in [0.5, 0.6) is 5.75 Å². The smallest absolute Gasteiger partial charge is 0.263 e. The first-order valence-electron chi connectivity index (χ1n) is 10.6. The largest absolute Gasteiger partial charge is 0.481 e. The number of benzene rings is 2. The van der Waals surface area contributed by atoms with Crippen molar-refractivity contribution in [2.75, 3.05) is 13.1 Å². The van der Waals surface area contributed by atoms with E-state index in [0.29, 0.717) is 5.75 Å². The van der Waals surface area contributed by atoms with Crippen LogP contribution in [0.15, 0.2) is 42.6 Å². The Labute approximate surface area is 176 Å². The molecule has 0 saturated carbocycles. The summed E-state index contributed by atoms with van der Waals surface area (Å²) in [5.74, 6) is 0.432. The Balaban J connectivity index is 1.62. The van der Waals surface area contributed by atoms with Gasteiger partial charge in [0.1, 0.15) is 11.6 Å². The monoisotopic (exact) mass is 406 g/mol. The van der Waals surface area contributed by atoms with Crippen LogP contribution in [-0.4, -0.2) is 35.0 Å². The number of fused-ring (bicyclic) bond motifs is 1. The zero-order chi connectivity index (χ0) is 21.3. The Morgan fingerprint density at radius 1 is 1.07 bits per heavy atom. The van der Waals surface area contributed by atoms with Crippen molar-refractivity contribution in [3.05, 3.63) is 59.5 Å². The first-order valence-corrected chi connectivity index (χ1v) is 10.6. The van der Waals surface area contributed by atoms with Gasteiger partial charge in [0, 0.05) is 30.7 Å². The molecule has 5 heteroatoms. The van der Waals surface area contributed by atoms with E-state index in [-0.39, 0.29) is 11.7 Å². The number of carbonyl (C=O) groups is 1. The van der Waals surface area contributed by atoms with E-state index in [2.05, 4.69) is 4.98 Å². The number of rotatable bonds is 4. The molecule has 3 aromatic rings. The molecule has 4 rings (SSSR count). The van der Waals surface area contributed by atoms with E-state index in [9.17, 15) is 9.18 Å². The third-order valence-corrected chi connectivity index (χ3v) is 5.81. The van der Waals surface area contributed by atoms with Gasteiger partial charge in [-0.3, -0.25) is 9.78 Å². The van der Waals surface area contributed by atoms with Gasteiger partial charge in [0.05, 0.1) is 5.52 Å². The van der Waals surface area contributed by atoms with Crippen molar-refractivity contribution in [1.82, 2.24) is 9.88 Å². The maximum atomic E-state index is 13.8. The minimum absolute atomic E-state index is 0.0362. The van der Waals surface area contributed by atoms with Crippen LogP contribution in [-0.2, 0) is 4.79 Å². The van der Waals surface area contributed by atoms with Crippen molar-refractivity contribution in [3.63, 3.8) is 0 Å². The number of nitrogens with zero attached hydrogens (tertiary/aromatic N) is 2. The molecule has 1 aromatic heterocycles. The normalized spacial score (nSPS) is 15.3. The second kappa shape index (κ2) is 8.42. The maximum Gasteiger partial charge on any atom is 0.263 e. The van der Waals surface area contributed by atoms with E-state index in [1.54, 1.807) is 25.3 Å². The summed E-state index contributed by atoms with van der Waals surface area (Å²) in [6.45, 7) is 7.26. The maximum absolute atomic E-state index is 13.8. The molecule has 1 saturated heterocycles. The first-order chi connectivity index (χ1) is 14.4. The number of amides is 1. The summed E-state index contributed by atoms with van der Waals surface area (Å²) in [7, 11) is 0. The quantitative estimate of drug-likeness (QED) is 0.580. The molecular formula is C25H27FN2O2. The highest BCUT2D eigenvalue weighted by Crippen LogP contribution is 2.34. The van der Waals surface area contributed by atoms with Crippen molar-refractivity contribution >= 4 is 16.8 Å². The van der Waals surface area contributed by atoms with Crippen LogP contribution in [0, 0.1) is 19.7 Å². The highest BCUT2D eigenvalue weighted by atomic mass is 19.1. The molecule has 0 radical (unpaired) electrons. The Morgan fingerprint density at radius 3 is 2.47 bits per heavy atom. The number of carbonyl (C=O) groups excluding carboxylic acids is 1. The van der Waals surface area contributed by atoms with Gasteiger partial charge in [-0.1, -0.05) is 0 Å². The summed E-state index contributed by atoms with van der Waals surface area (Å²) >= 11 is 0. The van der Waals surface area contributed by atoms with Crippen LogP contribution in [0.1, 0.15) is 37.3 Å². The standard InChI is InChI=1S/C25H27FN2O2/c1-16-13-19(26)14-17(2)24(16)22-9-10-27-23-15-20(7-8-21(22)23)30-18(3)25(29)28-11-5-4-6-12-28/h7-10,13-15,18H,4-6,11-12H2,1-3H3/t18-/m1/s1. The van der Waals surface area contributed by atoms with E-state index >= 15 is 0 Å². The minimum Gasteiger partial charge on any atom is -0.481 e. The summed E-state index contributed by atoms with van der Waals surface area (Å²) in [6.07, 6.45) is 4.52. The van der Waals surface area contributed by atoms with E-state index in [1.807, 2.05) is 43.0 Å². The van der Waals surface area contributed by atoms with E-state index in [4.69, 9.17) is 4.74 Å². The summed E-state index contributed by atoms with van der Waals surface area (Å²) in [5, 5.41) is 0.970. The molecule has 2 heterocycles. The molecule has 2 aromatic carbocycles. The number of hydrogen-bond donors (Lipinski definition) is 0. The average Bonchev–Trinajstić information content (AvgIpc) is 2.73. The van der Waals surface area contributed by atoms with Crippen LogP contribution >= 0.6 is 0 Å². The van der Waals surface area contributed by atoms with Gasteiger partial charge < -0.3 is 9.64 Å². The van der Waals surface area contributed by atoms with Crippen molar-refractivity contribution in [2.45, 2.75) is 46.1 Å². The van der Waals surface area contributed by atoms with Gasteiger partial charge in [-0.2, -0.15) is 0 Å².